The summed E-state index contributed by atoms with van der Waals surface area (Å²) in [5, 5.41) is 14.7. The van der Waals surface area contributed by atoms with Crippen LogP contribution < -0.4 is 5.32 Å². The normalized spacial score (nSPS) is 10.5. The predicted molar refractivity (Wildman–Crippen MR) is 72.5 cm³/mol. The van der Waals surface area contributed by atoms with E-state index in [1.165, 1.54) is 12.3 Å². The van der Waals surface area contributed by atoms with Crippen molar-refractivity contribution in [3.63, 3.8) is 0 Å². The second-order valence-corrected chi connectivity index (χ2v) is 4.03. The molecule has 2 aromatic heterocycles. The highest BCUT2D eigenvalue weighted by Crippen LogP contribution is 2.25. The Morgan fingerprint density at radius 1 is 1.21 bits per heavy atom. The van der Waals surface area contributed by atoms with E-state index < -0.39 is 4.92 Å². The van der Waals surface area contributed by atoms with Crippen LogP contribution >= 0.6 is 0 Å². The molecule has 0 atom stereocenters. The molecule has 2 heterocycles. The number of hydrogen-bond donors (Lipinski definition) is 2. The van der Waals surface area contributed by atoms with Crippen molar-refractivity contribution >= 4 is 28.1 Å². The summed E-state index contributed by atoms with van der Waals surface area (Å²) in [5.74, 6) is 0.569. The van der Waals surface area contributed by atoms with E-state index in [1.807, 2.05) is 30.5 Å². The number of benzene rings is 1. The molecule has 0 aliphatic heterocycles. The van der Waals surface area contributed by atoms with E-state index in [9.17, 15) is 10.1 Å². The molecule has 0 aliphatic rings. The Morgan fingerprint density at radius 3 is 2.84 bits per heavy atom. The first-order chi connectivity index (χ1) is 9.24. The van der Waals surface area contributed by atoms with Gasteiger partial charge in [-0.15, -0.1) is 0 Å². The summed E-state index contributed by atoms with van der Waals surface area (Å²) in [6.45, 7) is 0. The fourth-order valence-corrected chi connectivity index (χ4v) is 1.90. The van der Waals surface area contributed by atoms with Gasteiger partial charge in [0.15, 0.2) is 0 Å². The highest BCUT2D eigenvalue weighted by atomic mass is 16.6. The van der Waals surface area contributed by atoms with Crippen molar-refractivity contribution in [2.75, 3.05) is 5.32 Å². The average molecular weight is 254 g/mol. The number of pyridine rings is 1. The van der Waals surface area contributed by atoms with Crippen LogP contribution in [0.5, 0.6) is 0 Å². The third-order valence-electron chi connectivity index (χ3n) is 2.82. The van der Waals surface area contributed by atoms with Crippen LogP contribution in [0.25, 0.3) is 10.9 Å². The molecule has 0 bridgehead atoms. The lowest BCUT2D eigenvalue weighted by Gasteiger charge is -2.06. The van der Waals surface area contributed by atoms with Gasteiger partial charge in [-0.3, -0.25) is 10.1 Å². The fraction of sp³-hybridized carbons (Fsp3) is 0. The molecule has 1 aromatic carbocycles. The molecule has 19 heavy (non-hydrogen) atoms. The van der Waals surface area contributed by atoms with Gasteiger partial charge in [0.2, 0.25) is 0 Å². The molecule has 0 radical (unpaired) electrons. The number of nitrogens with zero attached hydrogens (tertiary/aromatic N) is 2. The zero-order valence-electron chi connectivity index (χ0n) is 9.83. The Kier molecular flexibility index (Phi) is 2.60. The summed E-state index contributed by atoms with van der Waals surface area (Å²) < 4.78 is 0. The van der Waals surface area contributed by atoms with Gasteiger partial charge in [0.1, 0.15) is 12.0 Å². The van der Waals surface area contributed by atoms with Crippen molar-refractivity contribution in [3.05, 3.63) is 58.9 Å². The van der Waals surface area contributed by atoms with Gasteiger partial charge in [-0.2, -0.15) is 0 Å². The minimum Gasteiger partial charge on any atom is -0.361 e. The Balaban J connectivity index is 1.92. The molecule has 0 aliphatic carbocycles. The van der Waals surface area contributed by atoms with Crippen LogP contribution in [0.1, 0.15) is 0 Å². The number of anilines is 2. The van der Waals surface area contributed by atoms with Crippen LogP contribution in [-0.2, 0) is 0 Å². The van der Waals surface area contributed by atoms with Gasteiger partial charge in [0, 0.05) is 28.9 Å². The van der Waals surface area contributed by atoms with Gasteiger partial charge in [-0.1, -0.05) is 6.07 Å². The van der Waals surface area contributed by atoms with E-state index in [1.54, 1.807) is 6.07 Å². The largest absolute Gasteiger partial charge is 0.361 e. The summed E-state index contributed by atoms with van der Waals surface area (Å²) in [5.41, 5.74) is 1.90. The molecule has 0 unspecified atom stereocenters. The van der Waals surface area contributed by atoms with Crippen molar-refractivity contribution in [3.8, 4) is 0 Å². The first kappa shape index (κ1) is 11.2. The van der Waals surface area contributed by atoms with Gasteiger partial charge in [-0.05, 0) is 24.3 Å². The summed E-state index contributed by atoms with van der Waals surface area (Å²) in [4.78, 5) is 17.2. The Labute approximate surface area is 108 Å². The molecule has 3 aromatic rings. The van der Waals surface area contributed by atoms with Gasteiger partial charge in [0.05, 0.1) is 4.92 Å². The van der Waals surface area contributed by atoms with E-state index in [-0.39, 0.29) is 5.69 Å². The van der Waals surface area contributed by atoms with E-state index in [0.717, 1.165) is 16.6 Å². The topological polar surface area (TPSA) is 83.9 Å². The van der Waals surface area contributed by atoms with Crippen molar-refractivity contribution in [2.24, 2.45) is 0 Å². The maximum Gasteiger partial charge on any atom is 0.287 e. The second kappa shape index (κ2) is 4.41. The summed E-state index contributed by atoms with van der Waals surface area (Å²) in [7, 11) is 0. The van der Waals surface area contributed by atoms with Crippen LogP contribution in [0, 0.1) is 10.1 Å². The summed E-state index contributed by atoms with van der Waals surface area (Å²) >= 11 is 0. The van der Waals surface area contributed by atoms with Crippen molar-refractivity contribution < 1.29 is 4.92 Å². The molecule has 6 nitrogen and oxygen atoms in total. The average Bonchev–Trinajstić information content (AvgIpc) is 2.89. The number of H-pyrrole nitrogens is 1. The Bertz CT molecular complexity index is 734. The van der Waals surface area contributed by atoms with Crippen LogP contribution in [0.2, 0.25) is 0 Å². The lowest BCUT2D eigenvalue weighted by molar-refractivity contribution is -0.385. The lowest BCUT2D eigenvalue weighted by Crippen LogP contribution is -1.95. The number of nitro groups is 1. The third kappa shape index (κ3) is 2.11. The maximum absolute atomic E-state index is 10.6. The molecule has 0 saturated heterocycles. The number of rotatable bonds is 3. The third-order valence-corrected chi connectivity index (χ3v) is 2.82. The molecule has 0 spiro atoms. The van der Waals surface area contributed by atoms with E-state index in [2.05, 4.69) is 15.3 Å². The minimum atomic E-state index is -0.469. The number of hydrogen-bond acceptors (Lipinski definition) is 4. The monoisotopic (exact) mass is 254 g/mol. The first-order valence-electron chi connectivity index (χ1n) is 5.67. The van der Waals surface area contributed by atoms with E-state index in [4.69, 9.17) is 0 Å². The van der Waals surface area contributed by atoms with Crippen molar-refractivity contribution in [2.45, 2.75) is 0 Å². The van der Waals surface area contributed by atoms with Crippen LogP contribution in [0.3, 0.4) is 0 Å². The van der Waals surface area contributed by atoms with Crippen LogP contribution in [-0.4, -0.2) is 14.9 Å². The molecule has 3 rings (SSSR count). The highest BCUT2D eigenvalue weighted by molar-refractivity contribution is 5.93. The summed E-state index contributed by atoms with van der Waals surface area (Å²) in [6.07, 6.45) is 3.10. The molecular weight excluding hydrogens is 244 g/mol. The van der Waals surface area contributed by atoms with Gasteiger partial charge in [-0.25, -0.2) is 4.98 Å². The number of aromatic amines is 1. The summed E-state index contributed by atoms with van der Waals surface area (Å²) in [6, 6.07) is 10.8. The fourth-order valence-electron chi connectivity index (χ4n) is 1.90. The molecule has 94 valence electrons. The molecule has 2 N–H and O–H groups in total. The quantitative estimate of drug-likeness (QED) is 0.555. The van der Waals surface area contributed by atoms with Crippen molar-refractivity contribution in [1.82, 2.24) is 9.97 Å². The maximum atomic E-state index is 10.6. The SMILES string of the molecule is O=[N+]([O-])c1ccc(Nc2cccc3[nH]ccc23)nc1. The minimum absolute atomic E-state index is 0.0228. The molecule has 0 saturated carbocycles. The second-order valence-electron chi connectivity index (χ2n) is 4.03. The zero-order valence-corrected chi connectivity index (χ0v) is 9.83. The molecule has 0 fully saturated rings. The van der Waals surface area contributed by atoms with E-state index >= 15 is 0 Å². The Morgan fingerprint density at radius 2 is 2.11 bits per heavy atom. The van der Waals surface area contributed by atoms with Gasteiger partial charge >= 0.3 is 0 Å². The highest BCUT2D eigenvalue weighted by Gasteiger charge is 2.06. The Hall–Kier alpha value is -2.89. The molecule has 6 heteroatoms. The van der Waals surface area contributed by atoms with E-state index in [0.29, 0.717) is 5.82 Å². The predicted octanol–water partition coefficient (Wildman–Crippen LogP) is 3.21. The number of nitrogens with one attached hydrogen (secondary N) is 2. The van der Waals surface area contributed by atoms with Crippen LogP contribution in [0.4, 0.5) is 17.2 Å². The van der Waals surface area contributed by atoms with Crippen LogP contribution in [0.15, 0.2) is 48.8 Å². The van der Waals surface area contributed by atoms with Crippen molar-refractivity contribution in [1.29, 1.82) is 0 Å². The smallest absolute Gasteiger partial charge is 0.287 e. The zero-order chi connectivity index (χ0) is 13.2. The molecular formula is C13H10N4O2. The van der Waals surface area contributed by atoms with Gasteiger partial charge in [0.25, 0.3) is 5.69 Å². The number of aromatic nitrogens is 2. The number of fused-ring (bicyclic) bond motifs is 1. The first-order valence-corrected chi connectivity index (χ1v) is 5.67. The lowest BCUT2D eigenvalue weighted by atomic mass is 10.2. The molecule has 0 amide bonds. The standard InChI is InChI=1S/C13H10N4O2/c18-17(19)9-4-5-13(15-8-9)16-12-3-1-2-11-10(12)6-7-14-11/h1-8,14H,(H,15,16). The van der Waals surface area contributed by atoms with Gasteiger partial charge < -0.3 is 10.3 Å².